The SMILES string of the molecule is Cc1ccc(C=NNC(=O)CCCOc2ccc(Cl)cc2C)o1. The second kappa shape index (κ2) is 8.39. The highest BCUT2D eigenvalue weighted by Crippen LogP contribution is 2.21. The summed E-state index contributed by atoms with van der Waals surface area (Å²) in [5.74, 6) is 2.01. The van der Waals surface area contributed by atoms with Gasteiger partial charge in [0.1, 0.15) is 17.3 Å². The standard InChI is InChI=1S/C17H19ClN2O3/c1-12-10-14(18)6-8-16(12)22-9-3-4-17(21)20-19-11-15-7-5-13(2)23-15/h5-8,10-11H,3-4,9H2,1-2H3,(H,20,21). The molecule has 0 bridgehead atoms. The van der Waals surface area contributed by atoms with Crippen LogP contribution in [0.5, 0.6) is 5.75 Å². The Balaban J connectivity index is 1.65. The van der Waals surface area contributed by atoms with Crippen LogP contribution in [0.3, 0.4) is 0 Å². The van der Waals surface area contributed by atoms with Gasteiger partial charge in [0.2, 0.25) is 5.91 Å². The van der Waals surface area contributed by atoms with Gasteiger partial charge in [-0.2, -0.15) is 5.10 Å². The lowest BCUT2D eigenvalue weighted by Gasteiger charge is -2.08. The summed E-state index contributed by atoms with van der Waals surface area (Å²) in [7, 11) is 0. The molecule has 6 heteroatoms. The van der Waals surface area contributed by atoms with Crippen LogP contribution in [0, 0.1) is 13.8 Å². The molecule has 1 aromatic carbocycles. The van der Waals surface area contributed by atoms with E-state index in [2.05, 4.69) is 10.5 Å². The molecule has 0 saturated heterocycles. The highest BCUT2D eigenvalue weighted by Gasteiger charge is 2.03. The fourth-order valence-corrected chi connectivity index (χ4v) is 2.16. The van der Waals surface area contributed by atoms with Gasteiger partial charge in [0.05, 0.1) is 12.8 Å². The van der Waals surface area contributed by atoms with Gasteiger partial charge in [-0.1, -0.05) is 11.6 Å². The number of nitrogens with zero attached hydrogens (tertiary/aromatic N) is 1. The predicted octanol–water partition coefficient (Wildman–Crippen LogP) is 3.86. The number of carbonyl (C=O) groups excluding carboxylic acids is 1. The molecule has 0 unspecified atom stereocenters. The fraction of sp³-hybridized carbons (Fsp3) is 0.294. The molecule has 1 amide bonds. The first-order valence-electron chi connectivity index (χ1n) is 7.32. The Morgan fingerprint density at radius 3 is 2.87 bits per heavy atom. The maximum absolute atomic E-state index is 11.6. The number of rotatable bonds is 7. The van der Waals surface area contributed by atoms with E-state index in [0.717, 1.165) is 17.1 Å². The Morgan fingerprint density at radius 1 is 1.35 bits per heavy atom. The van der Waals surface area contributed by atoms with E-state index >= 15 is 0 Å². The molecule has 1 N–H and O–H groups in total. The minimum absolute atomic E-state index is 0.166. The molecule has 1 aromatic heterocycles. The summed E-state index contributed by atoms with van der Waals surface area (Å²) in [6.45, 7) is 4.23. The number of benzene rings is 1. The van der Waals surface area contributed by atoms with Crippen molar-refractivity contribution in [2.75, 3.05) is 6.61 Å². The molecular weight excluding hydrogens is 316 g/mol. The van der Waals surface area contributed by atoms with Gasteiger partial charge in [0, 0.05) is 11.4 Å². The fourth-order valence-electron chi connectivity index (χ4n) is 1.94. The molecule has 0 radical (unpaired) electrons. The van der Waals surface area contributed by atoms with Crippen LogP contribution in [0.4, 0.5) is 0 Å². The average molecular weight is 335 g/mol. The van der Waals surface area contributed by atoms with Gasteiger partial charge in [-0.05, 0) is 56.2 Å². The van der Waals surface area contributed by atoms with Crippen LogP contribution in [0.2, 0.25) is 5.02 Å². The highest BCUT2D eigenvalue weighted by atomic mass is 35.5. The second-order valence-electron chi connectivity index (χ2n) is 5.10. The van der Waals surface area contributed by atoms with Crippen molar-refractivity contribution in [1.29, 1.82) is 0 Å². The van der Waals surface area contributed by atoms with Crippen LogP contribution in [-0.2, 0) is 4.79 Å². The molecule has 0 aliphatic heterocycles. The molecule has 5 nitrogen and oxygen atoms in total. The lowest BCUT2D eigenvalue weighted by atomic mass is 10.2. The molecule has 0 fully saturated rings. The number of aryl methyl sites for hydroxylation is 2. The van der Waals surface area contributed by atoms with Gasteiger partial charge < -0.3 is 9.15 Å². The van der Waals surface area contributed by atoms with Gasteiger partial charge in [-0.3, -0.25) is 4.79 Å². The summed E-state index contributed by atoms with van der Waals surface area (Å²) in [5.41, 5.74) is 3.43. The van der Waals surface area contributed by atoms with Crippen molar-refractivity contribution in [3.05, 3.63) is 52.4 Å². The predicted molar refractivity (Wildman–Crippen MR) is 90.1 cm³/mol. The smallest absolute Gasteiger partial charge is 0.240 e. The van der Waals surface area contributed by atoms with Crippen molar-refractivity contribution in [2.45, 2.75) is 26.7 Å². The molecule has 23 heavy (non-hydrogen) atoms. The van der Waals surface area contributed by atoms with Crippen LogP contribution < -0.4 is 10.2 Å². The van der Waals surface area contributed by atoms with E-state index in [4.69, 9.17) is 20.8 Å². The van der Waals surface area contributed by atoms with E-state index in [-0.39, 0.29) is 5.91 Å². The molecule has 122 valence electrons. The first-order chi connectivity index (χ1) is 11.0. The lowest BCUT2D eigenvalue weighted by Crippen LogP contribution is -2.18. The number of carbonyl (C=O) groups is 1. The van der Waals surface area contributed by atoms with Crippen LogP contribution in [0.25, 0.3) is 0 Å². The Morgan fingerprint density at radius 2 is 2.17 bits per heavy atom. The molecule has 0 aliphatic rings. The largest absolute Gasteiger partial charge is 0.493 e. The Bertz CT molecular complexity index is 695. The van der Waals surface area contributed by atoms with E-state index < -0.39 is 0 Å². The third-order valence-electron chi connectivity index (χ3n) is 3.08. The van der Waals surface area contributed by atoms with Crippen molar-refractivity contribution in [1.82, 2.24) is 5.43 Å². The monoisotopic (exact) mass is 334 g/mol. The molecule has 2 rings (SSSR count). The molecule has 1 heterocycles. The summed E-state index contributed by atoms with van der Waals surface area (Å²) in [5, 5.41) is 4.52. The maximum Gasteiger partial charge on any atom is 0.240 e. The molecule has 0 spiro atoms. The van der Waals surface area contributed by atoms with Gasteiger partial charge in [-0.25, -0.2) is 5.43 Å². The summed E-state index contributed by atoms with van der Waals surface area (Å²) in [6.07, 6.45) is 2.41. The minimum atomic E-state index is -0.166. The topological polar surface area (TPSA) is 63.8 Å². The summed E-state index contributed by atoms with van der Waals surface area (Å²) in [6, 6.07) is 9.07. The van der Waals surface area contributed by atoms with Crippen LogP contribution >= 0.6 is 11.6 Å². The minimum Gasteiger partial charge on any atom is -0.493 e. The number of furan rings is 1. The number of ether oxygens (including phenoxy) is 1. The maximum atomic E-state index is 11.6. The summed E-state index contributed by atoms with van der Waals surface area (Å²) in [4.78, 5) is 11.6. The number of amides is 1. The van der Waals surface area contributed by atoms with Crippen LogP contribution in [-0.4, -0.2) is 18.7 Å². The van der Waals surface area contributed by atoms with Crippen molar-refractivity contribution in [3.8, 4) is 5.75 Å². The van der Waals surface area contributed by atoms with Gasteiger partial charge >= 0.3 is 0 Å². The summed E-state index contributed by atoms with van der Waals surface area (Å²) >= 11 is 5.89. The first kappa shape index (κ1) is 17.1. The first-order valence-corrected chi connectivity index (χ1v) is 7.69. The highest BCUT2D eigenvalue weighted by molar-refractivity contribution is 6.30. The Kier molecular flexibility index (Phi) is 6.23. The zero-order chi connectivity index (χ0) is 16.7. The third kappa shape index (κ3) is 5.79. The Labute approximate surface area is 140 Å². The Hall–Kier alpha value is -2.27. The molecular formula is C17H19ClN2O3. The molecule has 2 aromatic rings. The van der Waals surface area contributed by atoms with E-state index in [1.165, 1.54) is 6.21 Å². The molecule has 0 aliphatic carbocycles. The normalized spacial score (nSPS) is 10.9. The second-order valence-corrected chi connectivity index (χ2v) is 5.54. The van der Waals surface area contributed by atoms with Crippen molar-refractivity contribution in [3.63, 3.8) is 0 Å². The zero-order valence-electron chi connectivity index (χ0n) is 13.1. The average Bonchev–Trinajstić information content (AvgIpc) is 2.91. The number of hydrogen-bond donors (Lipinski definition) is 1. The van der Waals surface area contributed by atoms with Crippen LogP contribution in [0.1, 0.15) is 29.9 Å². The van der Waals surface area contributed by atoms with Crippen molar-refractivity contribution in [2.24, 2.45) is 5.10 Å². The number of halogens is 1. The lowest BCUT2D eigenvalue weighted by molar-refractivity contribution is -0.121. The number of hydrazone groups is 1. The van der Waals surface area contributed by atoms with Gasteiger partial charge in [0.25, 0.3) is 0 Å². The molecule has 0 atom stereocenters. The quantitative estimate of drug-likeness (QED) is 0.475. The third-order valence-corrected chi connectivity index (χ3v) is 3.32. The van der Waals surface area contributed by atoms with Crippen molar-refractivity contribution >= 4 is 23.7 Å². The number of nitrogens with one attached hydrogen (secondary N) is 1. The van der Waals surface area contributed by atoms with E-state index in [1.807, 2.05) is 32.0 Å². The van der Waals surface area contributed by atoms with Crippen molar-refractivity contribution < 1.29 is 13.9 Å². The zero-order valence-corrected chi connectivity index (χ0v) is 13.9. The number of hydrogen-bond acceptors (Lipinski definition) is 4. The van der Waals surface area contributed by atoms with E-state index in [0.29, 0.717) is 30.2 Å². The van der Waals surface area contributed by atoms with Crippen LogP contribution in [0.15, 0.2) is 39.9 Å². The molecule has 0 saturated carbocycles. The van der Waals surface area contributed by atoms with E-state index in [1.54, 1.807) is 12.1 Å². The van der Waals surface area contributed by atoms with Gasteiger partial charge in [-0.15, -0.1) is 0 Å². The van der Waals surface area contributed by atoms with E-state index in [9.17, 15) is 4.79 Å². The summed E-state index contributed by atoms with van der Waals surface area (Å²) < 4.78 is 10.9. The van der Waals surface area contributed by atoms with Gasteiger partial charge in [0.15, 0.2) is 0 Å².